The van der Waals surface area contributed by atoms with Gasteiger partial charge in [-0.15, -0.1) is 0 Å². The largest absolute Gasteiger partial charge is 0.181 e. The highest BCUT2D eigenvalue weighted by molar-refractivity contribution is 6.99. The Hall–Kier alpha value is -1.48. The summed E-state index contributed by atoms with van der Waals surface area (Å²) in [5, 5.41) is 0. The molecule has 0 saturated heterocycles. The topological polar surface area (TPSA) is 25.8 Å². The summed E-state index contributed by atoms with van der Waals surface area (Å²) >= 11 is 1.22. The molecule has 1 aromatic carbocycles. The van der Waals surface area contributed by atoms with Gasteiger partial charge in [-0.3, -0.25) is 0 Å². The van der Waals surface area contributed by atoms with Crippen LogP contribution in [0, 0.1) is 0 Å². The van der Waals surface area contributed by atoms with Gasteiger partial charge in [-0.1, -0.05) is 36.9 Å². The molecule has 0 spiro atoms. The van der Waals surface area contributed by atoms with Crippen LogP contribution in [0.1, 0.15) is 5.56 Å². The van der Waals surface area contributed by atoms with Crippen molar-refractivity contribution >= 4 is 17.8 Å². The molecule has 0 amide bonds. The number of benzene rings is 1. The number of rotatable bonds is 2. The lowest BCUT2D eigenvalue weighted by Gasteiger charge is -1.95. The van der Waals surface area contributed by atoms with E-state index in [9.17, 15) is 0 Å². The van der Waals surface area contributed by atoms with Crippen molar-refractivity contribution in [1.29, 1.82) is 0 Å². The van der Waals surface area contributed by atoms with Gasteiger partial charge in [-0.25, -0.2) is 0 Å². The standard InChI is InChI=1S/C10H8N2S/c1-2-8-3-5-9(6-4-8)10-7-11-13-12-10/h2-7H,1H2. The van der Waals surface area contributed by atoms with Gasteiger partial charge in [0.25, 0.3) is 0 Å². The molecule has 0 aliphatic rings. The molecule has 2 aromatic rings. The molecule has 0 fully saturated rings. The van der Waals surface area contributed by atoms with E-state index >= 15 is 0 Å². The first-order valence-corrected chi connectivity index (χ1v) is 4.63. The zero-order valence-electron chi connectivity index (χ0n) is 6.97. The van der Waals surface area contributed by atoms with E-state index in [4.69, 9.17) is 0 Å². The minimum absolute atomic E-state index is 0.931. The SMILES string of the molecule is C=Cc1ccc(-c2cnsn2)cc1. The van der Waals surface area contributed by atoms with Gasteiger partial charge in [0.2, 0.25) is 0 Å². The molecule has 64 valence electrons. The number of hydrogen-bond acceptors (Lipinski definition) is 3. The van der Waals surface area contributed by atoms with Crippen LogP contribution in [0.5, 0.6) is 0 Å². The van der Waals surface area contributed by atoms with Gasteiger partial charge in [-0.05, 0) is 5.56 Å². The van der Waals surface area contributed by atoms with Gasteiger partial charge in [0.15, 0.2) is 0 Å². The van der Waals surface area contributed by atoms with Crippen molar-refractivity contribution < 1.29 is 0 Å². The van der Waals surface area contributed by atoms with Gasteiger partial charge in [0, 0.05) is 5.56 Å². The molecule has 3 heteroatoms. The summed E-state index contributed by atoms with van der Waals surface area (Å²) in [4.78, 5) is 0. The van der Waals surface area contributed by atoms with Crippen molar-refractivity contribution in [2.75, 3.05) is 0 Å². The van der Waals surface area contributed by atoms with Crippen LogP contribution < -0.4 is 0 Å². The molecule has 0 unspecified atom stereocenters. The first-order chi connectivity index (χ1) is 6.40. The summed E-state index contributed by atoms with van der Waals surface area (Å²) in [5.74, 6) is 0. The predicted octanol–water partition coefficient (Wildman–Crippen LogP) is 2.85. The molecule has 0 atom stereocenters. The lowest BCUT2D eigenvalue weighted by Crippen LogP contribution is -1.76. The summed E-state index contributed by atoms with van der Waals surface area (Å²) in [6.45, 7) is 3.70. The zero-order valence-corrected chi connectivity index (χ0v) is 7.79. The van der Waals surface area contributed by atoms with Crippen molar-refractivity contribution in [3.05, 3.63) is 42.6 Å². The average molecular weight is 188 g/mol. The Balaban J connectivity index is 2.38. The molecular weight excluding hydrogens is 180 g/mol. The first-order valence-electron chi connectivity index (χ1n) is 3.90. The molecule has 1 heterocycles. The molecule has 13 heavy (non-hydrogen) atoms. The average Bonchev–Trinajstić information content (AvgIpc) is 2.71. The van der Waals surface area contributed by atoms with Crippen LogP contribution in [0.4, 0.5) is 0 Å². The second kappa shape index (κ2) is 3.49. The molecule has 0 bridgehead atoms. The summed E-state index contributed by atoms with van der Waals surface area (Å²) in [5.41, 5.74) is 3.15. The van der Waals surface area contributed by atoms with E-state index in [1.165, 1.54) is 11.7 Å². The van der Waals surface area contributed by atoms with E-state index in [2.05, 4.69) is 15.3 Å². The van der Waals surface area contributed by atoms with Gasteiger partial charge in [0.1, 0.15) is 5.69 Å². The van der Waals surface area contributed by atoms with Crippen LogP contribution in [0.2, 0.25) is 0 Å². The van der Waals surface area contributed by atoms with Crippen LogP contribution in [0.25, 0.3) is 17.3 Å². The van der Waals surface area contributed by atoms with E-state index in [0.717, 1.165) is 16.8 Å². The summed E-state index contributed by atoms with van der Waals surface area (Å²) < 4.78 is 8.10. The first kappa shape index (κ1) is 8.13. The van der Waals surface area contributed by atoms with Gasteiger partial charge in [0.05, 0.1) is 17.9 Å². The van der Waals surface area contributed by atoms with Crippen molar-refractivity contribution in [3.63, 3.8) is 0 Å². The molecule has 0 aliphatic carbocycles. The Morgan fingerprint density at radius 2 is 2.00 bits per heavy atom. The molecule has 1 aromatic heterocycles. The van der Waals surface area contributed by atoms with Crippen LogP contribution in [-0.4, -0.2) is 8.75 Å². The third-order valence-corrected chi connectivity index (χ3v) is 2.28. The molecule has 0 saturated carbocycles. The molecule has 0 aliphatic heterocycles. The molecule has 2 nitrogen and oxygen atoms in total. The molecular formula is C10H8N2S. The fourth-order valence-electron chi connectivity index (χ4n) is 1.08. The highest BCUT2D eigenvalue weighted by atomic mass is 32.1. The number of nitrogens with zero attached hydrogens (tertiary/aromatic N) is 2. The third kappa shape index (κ3) is 1.65. The van der Waals surface area contributed by atoms with Crippen molar-refractivity contribution in [3.8, 4) is 11.3 Å². The van der Waals surface area contributed by atoms with Crippen molar-refractivity contribution in [1.82, 2.24) is 8.75 Å². The second-order valence-electron chi connectivity index (χ2n) is 2.62. The van der Waals surface area contributed by atoms with Gasteiger partial charge < -0.3 is 0 Å². The fourth-order valence-corrected chi connectivity index (χ4v) is 1.52. The van der Waals surface area contributed by atoms with Gasteiger partial charge in [-0.2, -0.15) is 8.75 Å². The minimum atomic E-state index is 0.931. The third-order valence-electron chi connectivity index (χ3n) is 1.80. The summed E-state index contributed by atoms with van der Waals surface area (Å²) in [6, 6.07) is 8.07. The number of hydrogen-bond donors (Lipinski definition) is 0. The minimum Gasteiger partial charge on any atom is -0.181 e. The normalized spacial score (nSPS) is 9.85. The molecule has 2 rings (SSSR count). The zero-order chi connectivity index (χ0) is 9.10. The van der Waals surface area contributed by atoms with Crippen LogP contribution in [0.3, 0.4) is 0 Å². The Bertz CT molecular complexity index is 389. The Morgan fingerprint density at radius 3 is 2.54 bits per heavy atom. The maximum absolute atomic E-state index is 4.15. The molecule has 0 radical (unpaired) electrons. The maximum atomic E-state index is 4.15. The highest BCUT2D eigenvalue weighted by Gasteiger charge is 1.98. The maximum Gasteiger partial charge on any atom is 0.104 e. The smallest absolute Gasteiger partial charge is 0.104 e. The van der Waals surface area contributed by atoms with Crippen LogP contribution in [0.15, 0.2) is 37.0 Å². The lowest BCUT2D eigenvalue weighted by atomic mass is 10.1. The Labute approximate surface area is 80.9 Å². The van der Waals surface area contributed by atoms with E-state index < -0.39 is 0 Å². The Morgan fingerprint density at radius 1 is 1.23 bits per heavy atom. The quantitative estimate of drug-likeness (QED) is 0.724. The second-order valence-corrected chi connectivity index (χ2v) is 3.18. The molecule has 0 N–H and O–H groups in total. The van der Waals surface area contributed by atoms with E-state index in [1.54, 1.807) is 6.20 Å². The lowest BCUT2D eigenvalue weighted by molar-refractivity contribution is 1.49. The summed E-state index contributed by atoms with van der Waals surface area (Å²) in [6.07, 6.45) is 3.59. The van der Waals surface area contributed by atoms with Crippen LogP contribution in [-0.2, 0) is 0 Å². The Kier molecular flexibility index (Phi) is 2.19. The van der Waals surface area contributed by atoms with E-state index in [-0.39, 0.29) is 0 Å². The van der Waals surface area contributed by atoms with Gasteiger partial charge >= 0.3 is 0 Å². The number of aromatic nitrogens is 2. The summed E-state index contributed by atoms with van der Waals surface area (Å²) in [7, 11) is 0. The highest BCUT2D eigenvalue weighted by Crippen LogP contribution is 2.17. The van der Waals surface area contributed by atoms with E-state index in [0.29, 0.717) is 0 Å². The van der Waals surface area contributed by atoms with Crippen LogP contribution >= 0.6 is 11.7 Å². The predicted molar refractivity (Wildman–Crippen MR) is 55.4 cm³/mol. The monoisotopic (exact) mass is 188 g/mol. The van der Waals surface area contributed by atoms with Crippen molar-refractivity contribution in [2.45, 2.75) is 0 Å². The fraction of sp³-hybridized carbons (Fsp3) is 0. The van der Waals surface area contributed by atoms with E-state index in [1.807, 2.05) is 30.3 Å². The van der Waals surface area contributed by atoms with Crippen molar-refractivity contribution in [2.24, 2.45) is 0 Å².